The number of ether oxygens (including phenoxy) is 1. The van der Waals surface area contributed by atoms with E-state index in [1.165, 1.54) is 0 Å². The fourth-order valence-electron chi connectivity index (χ4n) is 4.08. The molecular formula is C23H25N5O2. The van der Waals surface area contributed by atoms with Crippen molar-refractivity contribution >= 4 is 27.6 Å². The zero-order chi connectivity index (χ0) is 20.5. The predicted octanol–water partition coefficient (Wildman–Crippen LogP) is 2.87. The van der Waals surface area contributed by atoms with Crippen molar-refractivity contribution in [3.8, 4) is 11.6 Å². The second-order valence-corrected chi connectivity index (χ2v) is 7.68. The Morgan fingerprint density at radius 2 is 1.97 bits per heavy atom. The molecule has 2 aromatic heterocycles. The average molecular weight is 403 g/mol. The highest BCUT2D eigenvalue weighted by atomic mass is 16.5. The molecule has 3 heterocycles. The van der Waals surface area contributed by atoms with Crippen molar-refractivity contribution in [1.82, 2.24) is 14.5 Å². The maximum Gasteiger partial charge on any atom is 0.139 e. The van der Waals surface area contributed by atoms with Gasteiger partial charge in [0.15, 0.2) is 0 Å². The number of aliphatic hydroxyl groups is 1. The lowest BCUT2D eigenvalue weighted by atomic mass is 10.0. The first-order valence-corrected chi connectivity index (χ1v) is 10.3. The molecular weight excluding hydrogens is 378 g/mol. The number of rotatable bonds is 5. The summed E-state index contributed by atoms with van der Waals surface area (Å²) in [6.07, 6.45) is 3.79. The topological polar surface area (TPSA) is 89.4 Å². The van der Waals surface area contributed by atoms with Crippen molar-refractivity contribution in [2.45, 2.75) is 18.9 Å². The number of nitrogens with two attached hydrogens (primary N) is 1. The summed E-state index contributed by atoms with van der Waals surface area (Å²) in [7, 11) is 0. The van der Waals surface area contributed by atoms with E-state index in [1.807, 2.05) is 28.8 Å². The summed E-state index contributed by atoms with van der Waals surface area (Å²) < 4.78 is 7.49. The normalized spacial score (nSPS) is 15.2. The van der Waals surface area contributed by atoms with Crippen molar-refractivity contribution in [1.29, 1.82) is 0 Å². The number of imidazole rings is 1. The molecule has 0 saturated carbocycles. The van der Waals surface area contributed by atoms with Crippen LogP contribution in [0.1, 0.15) is 12.8 Å². The Bertz CT molecular complexity index is 1180. The SMILES string of the molecule is NC1CCN(c2cccc3ccc(-n4cnc5cc(OCCO)ccc54)nc23)CC1. The summed E-state index contributed by atoms with van der Waals surface area (Å²) in [6.45, 7) is 2.16. The molecule has 0 amide bonds. The first-order valence-electron chi connectivity index (χ1n) is 10.3. The minimum atomic E-state index is -0.0151. The van der Waals surface area contributed by atoms with Crippen molar-refractivity contribution in [3.63, 3.8) is 0 Å². The molecule has 1 aliphatic rings. The van der Waals surface area contributed by atoms with Crippen molar-refractivity contribution in [3.05, 3.63) is 54.9 Å². The third-order valence-electron chi connectivity index (χ3n) is 5.69. The number of hydrogen-bond donors (Lipinski definition) is 2. The standard InChI is InChI=1S/C23H25N5O2/c24-17-8-10-27(11-9-17)21-3-1-2-16-4-7-22(26-23(16)21)28-15-25-19-14-18(30-13-12-29)5-6-20(19)28/h1-7,14-15,17,29H,8-13,24H2. The van der Waals surface area contributed by atoms with Crippen LogP contribution in [0.25, 0.3) is 27.8 Å². The zero-order valence-corrected chi connectivity index (χ0v) is 16.7. The van der Waals surface area contributed by atoms with E-state index in [-0.39, 0.29) is 13.2 Å². The quantitative estimate of drug-likeness (QED) is 0.533. The summed E-state index contributed by atoms with van der Waals surface area (Å²) in [6, 6.07) is 16.5. The Balaban J connectivity index is 1.54. The molecule has 4 aromatic rings. The van der Waals surface area contributed by atoms with Gasteiger partial charge in [-0.15, -0.1) is 0 Å². The van der Waals surface area contributed by atoms with Crippen LogP contribution >= 0.6 is 0 Å². The summed E-state index contributed by atoms with van der Waals surface area (Å²) in [5, 5.41) is 10.1. The first kappa shape index (κ1) is 18.8. The van der Waals surface area contributed by atoms with Gasteiger partial charge >= 0.3 is 0 Å². The number of benzene rings is 2. The van der Waals surface area contributed by atoms with Gasteiger partial charge in [-0.3, -0.25) is 4.57 Å². The van der Waals surface area contributed by atoms with Gasteiger partial charge in [0, 0.05) is 30.6 Å². The molecule has 1 aliphatic heterocycles. The number of fused-ring (bicyclic) bond motifs is 2. The summed E-state index contributed by atoms with van der Waals surface area (Å²) >= 11 is 0. The molecule has 7 nitrogen and oxygen atoms in total. The van der Waals surface area contributed by atoms with E-state index in [0.717, 1.165) is 59.4 Å². The molecule has 0 unspecified atom stereocenters. The molecule has 30 heavy (non-hydrogen) atoms. The lowest BCUT2D eigenvalue weighted by molar-refractivity contribution is 0.201. The average Bonchev–Trinajstić information content (AvgIpc) is 3.21. The Kier molecular flexibility index (Phi) is 4.98. The van der Waals surface area contributed by atoms with Gasteiger partial charge in [0.25, 0.3) is 0 Å². The maximum atomic E-state index is 8.95. The smallest absolute Gasteiger partial charge is 0.139 e. The Morgan fingerprint density at radius 3 is 2.80 bits per heavy atom. The van der Waals surface area contributed by atoms with E-state index in [0.29, 0.717) is 11.8 Å². The summed E-state index contributed by atoms with van der Waals surface area (Å²) in [5.41, 5.74) is 10.0. The molecule has 0 bridgehead atoms. The Hall–Kier alpha value is -3.16. The van der Waals surface area contributed by atoms with Gasteiger partial charge in [0.05, 0.1) is 28.8 Å². The van der Waals surface area contributed by atoms with Crippen molar-refractivity contribution < 1.29 is 9.84 Å². The van der Waals surface area contributed by atoms with Gasteiger partial charge < -0.3 is 20.5 Å². The zero-order valence-electron chi connectivity index (χ0n) is 16.7. The molecule has 2 aromatic carbocycles. The Morgan fingerprint density at radius 1 is 1.10 bits per heavy atom. The molecule has 0 atom stereocenters. The van der Waals surface area contributed by atoms with E-state index < -0.39 is 0 Å². The Labute approximate surface area is 174 Å². The fourth-order valence-corrected chi connectivity index (χ4v) is 4.08. The molecule has 0 aliphatic carbocycles. The fraction of sp³-hybridized carbons (Fsp3) is 0.304. The number of nitrogens with zero attached hydrogens (tertiary/aromatic N) is 4. The van der Waals surface area contributed by atoms with E-state index in [4.69, 9.17) is 20.6 Å². The van der Waals surface area contributed by atoms with Gasteiger partial charge in [-0.1, -0.05) is 12.1 Å². The van der Waals surface area contributed by atoms with Crippen molar-refractivity contribution in [2.75, 3.05) is 31.2 Å². The second-order valence-electron chi connectivity index (χ2n) is 7.68. The molecule has 0 radical (unpaired) electrons. The number of aromatic nitrogens is 3. The number of pyridine rings is 1. The number of hydrogen-bond acceptors (Lipinski definition) is 6. The highest BCUT2D eigenvalue weighted by molar-refractivity contribution is 5.92. The highest BCUT2D eigenvalue weighted by Gasteiger charge is 2.19. The van der Waals surface area contributed by atoms with Crippen LogP contribution in [0.5, 0.6) is 5.75 Å². The van der Waals surface area contributed by atoms with Crippen LogP contribution in [-0.2, 0) is 0 Å². The lowest BCUT2D eigenvalue weighted by Crippen LogP contribution is -2.39. The van der Waals surface area contributed by atoms with Crippen LogP contribution in [0.4, 0.5) is 5.69 Å². The van der Waals surface area contributed by atoms with Crippen LogP contribution in [0, 0.1) is 0 Å². The summed E-state index contributed by atoms with van der Waals surface area (Å²) in [5.74, 6) is 1.52. The van der Waals surface area contributed by atoms with Crippen LogP contribution in [0.15, 0.2) is 54.9 Å². The highest BCUT2D eigenvalue weighted by Crippen LogP contribution is 2.29. The van der Waals surface area contributed by atoms with E-state index in [2.05, 4.69) is 34.1 Å². The van der Waals surface area contributed by atoms with Gasteiger partial charge in [0.2, 0.25) is 0 Å². The molecule has 7 heteroatoms. The van der Waals surface area contributed by atoms with E-state index >= 15 is 0 Å². The lowest BCUT2D eigenvalue weighted by Gasteiger charge is -2.32. The number of piperidine rings is 1. The third-order valence-corrected chi connectivity index (χ3v) is 5.69. The third kappa shape index (κ3) is 3.46. The molecule has 1 fully saturated rings. The second kappa shape index (κ2) is 7.93. The van der Waals surface area contributed by atoms with Crippen LogP contribution in [-0.4, -0.2) is 52.0 Å². The van der Waals surface area contributed by atoms with Gasteiger partial charge in [-0.25, -0.2) is 9.97 Å². The van der Waals surface area contributed by atoms with Gasteiger partial charge in [0.1, 0.15) is 24.5 Å². The number of para-hydroxylation sites is 1. The first-order chi connectivity index (χ1) is 14.7. The number of anilines is 1. The largest absolute Gasteiger partial charge is 0.491 e. The molecule has 154 valence electrons. The van der Waals surface area contributed by atoms with Crippen LogP contribution in [0.3, 0.4) is 0 Å². The maximum absolute atomic E-state index is 8.95. The van der Waals surface area contributed by atoms with Crippen molar-refractivity contribution in [2.24, 2.45) is 5.73 Å². The van der Waals surface area contributed by atoms with E-state index in [9.17, 15) is 0 Å². The minimum absolute atomic E-state index is 0.0151. The monoisotopic (exact) mass is 403 g/mol. The molecule has 0 spiro atoms. The van der Waals surface area contributed by atoms with Crippen LogP contribution in [0.2, 0.25) is 0 Å². The number of aliphatic hydroxyl groups excluding tert-OH is 1. The van der Waals surface area contributed by atoms with E-state index in [1.54, 1.807) is 6.33 Å². The minimum Gasteiger partial charge on any atom is -0.491 e. The summed E-state index contributed by atoms with van der Waals surface area (Å²) in [4.78, 5) is 11.9. The van der Waals surface area contributed by atoms with Crippen LogP contribution < -0.4 is 15.4 Å². The molecule has 3 N–H and O–H groups in total. The molecule has 5 rings (SSSR count). The molecule has 1 saturated heterocycles. The van der Waals surface area contributed by atoms with Gasteiger partial charge in [-0.05, 0) is 43.2 Å². The predicted molar refractivity (Wildman–Crippen MR) is 118 cm³/mol. The van der Waals surface area contributed by atoms with Gasteiger partial charge in [-0.2, -0.15) is 0 Å².